The summed E-state index contributed by atoms with van der Waals surface area (Å²) in [6, 6.07) is 0. The van der Waals surface area contributed by atoms with Gasteiger partial charge in [0.1, 0.15) is 19.8 Å². The zero-order valence-corrected chi connectivity index (χ0v) is 38.2. The minimum atomic E-state index is -4.67. The van der Waals surface area contributed by atoms with Gasteiger partial charge in [0.15, 0.2) is 6.10 Å². The van der Waals surface area contributed by atoms with Crippen LogP contribution in [0.4, 0.5) is 0 Å². The molecule has 0 aromatic carbocycles. The van der Waals surface area contributed by atoms with Crippen LogP contribution < -0.4 is 4.89 Å². The maximum absolute atomic E-state index is 12.7. The minimum absolute atomic E-state index is 0.0605. The Bertz CT molecular complexity index is 1340. The van der Waals surface area contributed by atoms with E-state index < -0.39 is 38.6 Å². The van der Waals surface area contributed by atoms with Crippen LogP contribution in [0.1, 0.15) is 136 Å². The average Bonchev–Trinajstić information content (AvgIpc) is 3.18. The number of rotatable bonds is 38. The number of phosphoric acid groups is 1. The van der Waals surface area contributed by atoms with Crippen LogP contribution in [-0.2, 0) is 32.7 Å². The lowest BCUT2D eigenvalue weighted by molar-refractivity contribution is -0.870. The van der Waals surface area contributed by atoms with Gasteiger partial charge in [0.2, 0.25) is 0 Å². The van der Waals surface area contributed by atoms with E-state index in [0.717, 1.165) is 89.9 Å². The molecule has 1 N–H and O–H groups in total. The zero-order valence-electron chi connectivity index (χ0n) is 37.3. The second-order valence-corrected chi connectivity index (χ2v) is 16.9. The van der Waals surface area contributed by atoms with Crippen LogP contribution in [0, 0.1) is 0 Å². The number of carbonyl (C=O) groups is 2. The zero-order chi connectivity index (χ0) is 43.7. The predicted molar refractivity (Wildman–Crippen MR) is 241 cm³/mol. The third-order valence-corrected chi connectivity index (χ3v) is 9.67. The van der Waals surface area contributed by atoms with Crippen molar-refractivity contribution >= 4 is 19.8 Å². The molecule has 0 amide bonds. The Hall–Kier alpha value is -3.11. The van der Waals surface area contributed by atoms with Gasteiger partial charge in [-0.25, -0.2) is 0 Å². The predicted octanol–water partition coefficient (Wildman–Crippen LogP) is 10.9. The smallest absolute Gasteiger partial charge is 0.306 e. The highest BCUT2D eigenvalue weighted by Gasteiger charge is 2.21. The van der Waals surface area contributed by atoms with E-state index >= 15 is 0 Å². The van der Waals surface area contributed by atoms with E-state index in [1.807, 2.05) is 39.4 Å². The fraction of sp³-hybridized carbons (Fsp3) is 0.625. The third-order valence-electron chi connectivity index (χ3n) is 8.70. The van der Waals surface area contributed by atoms with E-state index in [1.165, 1.54) is 0 Å². The van der Waals surface area contributed by atoms with Crippen molar-refractivity contribution in [3.05, 3.63) is 97.2 Å². The summed E-state index contributed by atoms with van der Waals surface area (Å²) in [5.74, 6) is -0.961. The SMILES string of the molecule is CC/C=C\C/C=C\C/C=C\C/C=C\C/C=C\CCCCCC(=O)OC[C@H](COP(=O)([O-])OCC[N+](C)(C)C)OC(=O)CCCCCCCC(O)/C=C/C=C/C/C=C/CC. The summed E-state index contributed by atoms with van der Waals surface area (Å²) < 4.78 is 33.8. The highest BCUT2D eigenvalue weighted by Crippen LogP contribution is 2.38. The molecule has 0 aromatic heterocycles. The van der Waals surface area contributed by atoms with Gasteiger partial charge in [-0.15, -0.1) is 0 Å². The number of esters is 2. The molecule has 10 nitrogen and oxygen atoms in total. The van der Waals surface area contributed by atoms with Crippen LogP contribution in [0.5, 0.6) is 0 Å². The number of ether oxygens (including phenoxy) is 2. The molecule has 0 fully saturated rings. The fourth-order valence-electron chi connectivity index (χ4n) is 5.27. The van der Waals surface area contributed by atoms with Gasteiger partial charge in [-0.2, -0.15) is 0 Å². The molecule has 59 heavy (non-hydrogen) atoms. The van der Waals surface area contributed by atoms with Crippen LogP contribution >= 0.6 is 7.82 Å². The van der Waals surface area contributed by atoms with Gasteiger partial charge in [0.25, 0.3) is 7.82 Å². The summed E-state index contributed by atoms with van der Waals surface area (Å²) in [6.45, 7) is 3.80. The molecule has 0 aliphatic rings. The Morgan fingerprint density at radius 1 is 0.627 bits per heavy atom. The first-order valence-corrected chi connectivity index (χ1v) is 23.5. The first kappa shape index (κ1) is 55.9. The second kappa shape index (κ2) is 39.1. The average molecular weight is 846 g/mol. The summed E-state index contributed by atoms with van der Waals surface area (Å²) in [4.78, 5) is 37.6. The Labute approximate surface area is 358 Å². The van der Waals surface area contributed by atoms with Crippen molar-refractivity contribution in [3.63, 3.8) is 0 Å². The maximum Gasteiger partial charge on any atom is 0.306 e. The number of aliphatic hydroxyl groups excluding tert-OH is 1. The first-order valence-electron chi connectivity index (χ1n) is 22.1. The molecule has 3 atom stereocenters. The van der Waals surface area contributed by atoms with E-state index in [0.29, 0.717) is 30.3 Å². The third kappa shape index (κ3) is 42.8. The summed E-state index contributed by atoms with van der Waals surface area (Å²) in [5, 5.41) is 10.2. The molecule has 0 rings (SSSR count). The quantitative estimate of drug-likeness (QED) is 0.0161. The van der Waals surface area contributed by atoms with Crippen LogP contribution in [0.15, 0.2) is 97.2 Å². The van der Waals surface area contributed by atoms with Crippen molar-refractivity contribution in [2.24, 2.45) is 0 Å². The number of phosphoric ester groups is 1. The fourth-order valence-corrected chi connectivity index (χ4v) is 6.00. The summed E-state index contributed by atoms with van der Waals surface area (Å²) in [7, 11) is 1.06. The van der Waals surface area contributed by atoms with E-state index in [4.69, 9.17) is 18.5 Å². The number of aliphatic hydroxyl groups is 1. The van der Waals surface area contributed by atoms with Crippen molar-refractivity contribution in [1.82, 2.24) is 0 Å². The molecular weight excluding hydrogens is 765 g/mol. The van der Waals surface area contributed by atoms with Gasteiger partial charge >= 0.3 is 11.9 Å². The Morgan fingerprint density at radius 3 is 1.73 bits per heavy atom. The molecule has 0 bridgehead atoms. The molecule has 336 valence electrons. The normalized spacial score (nSPS) is 15.0. The molecule has 0 aliphatic heterocycles. The Morgan fingerprint density at radius 2 is 1.14 bits per heavy atom. The van der Waals surface area contributed by atoms with Crippen LogP contribution in [0.3, 0.4) is 0 Å². The molecule has 11 heteroatoms. The van der Waals surface area contributed by atoms with E-state index in [9.17, 15) is 24.2 Å². The van der Waals surface area contributed by atoms with E-state index in [-0.39, 0.29) is 26.1 Å². The van der Waals surface area contributed by atoms with Crippen LogP contribution in [0.25, 0.3) is 0 Å². The number of allylic oxidation sites excluding steroid dienone is 15. The van der Waals surface area contributed by atoms with Crippen molar-refractivity contribution in [2.45, 2.75) is 148 Å². The number of nitrogens with zero attached hydrogens (tertiary/aromatic N) is 1. The molecule has 2 unspecified atom stereocenters. The summed E-state index contributed by atoms with van der Waals surface area (Å²) in [5.41, 5.74) is 0. The monoisotopic (exact) mass is 846 g/mol. The van der Waals surface area contributed by atoms with Crippen LogP contribution in [0.2, 0.25) is 0 Å². The summed E-state index contributed by atoms with van der Waals surface area (Å²) >= 11 is 0. The van der Waals surface area contributed by atoms with Gasteiger partial charge in [0.05, 0.1) is 33.9 Å². The molecule has 0 saturated carbocycles. The second-order valence-electron chi connectivity index (χ2n) is 15.5. The molecule has 0 spiro atoms. The molecule has 0 heterocycles. The standard InChI is InChI=1S/C48H80NO9P/c1-6-8-10-12-14-15-16-17-18-19-20-21-22-23-24-25-27-31-35-39-47(51)55-43-46(44-57-59(53,54)56-42-41-49(3,4)5)58-48(52)40-36-32-28-30-34-38-45(50)37-33-29-26-13-11-9-7-2/h8-11,14-15,17-18,20-21,23-24,26,29,33,37,45-46,50H,6-7,12-13,16,19,22,25,27-28,30-32,34-36,38-44H2,1-5H3/b10-8-,11-9+,15-14-,18-17-,21-20-,24-23-,29-26+,37-33+/t45?,46-/m1/s1. The molecular formula is C48H80NO9P. The lowest BCUT2D eigenvalue weighted by Crippen LogP contribution is -2.37. The lowest BCUT2D eigenvalue weighted by atomic mass is 10.1. The largest absolute Gasteiger partial charge is 0.756 e. The van der Waals surface area contributed by atoms with E-state index in [1.54, 1.807) is 6.08 Å². The summed E-state index contributed by atoms with van der Waals surface area (Å²) in [6.07, 6.45) is 47.4. The van der Waals surface area contributed by atoms with Crippen LogP contribution in [-0.4, -0.2) is 81.2 Å². The van der Waals surface area contributed by atoms with Gasteiger partial charge in [0, 0.05) is 12.8 Å². The van der Waals surface area contributed by atoms with Gasteiger partial charge < -0.3 is 33.0 Å². The highest BCUT2D eigenvalue weighted by molar-refractivity contribution is 7.45. The number of hydrogen-bond donors (Lipinski definition) is 1. The highest BCUT2D eigenvalue weighted by atomic mass is 31.2. The van der Waals surface area contributed by atoms with Gasteiger partial charge in [-0.3, -0.25) is 14.2 Å². The first-order chi connectivity index (χ1) is 28.4. The van der Waals surface area contributed by atoms with Crippen molar-refractivity contribution < 1.29 is 47.2 Å². The van der Waals surface area contributed by atoms with Crippen molar-refractivity contribution in [1.29, 1.82) is 0 Å². The number of carbonyl (C=O) groups excluding carboxylic acids is 2. The van der Waals surface area contributed by atoms with Gasteiger partial charge in [-0.1, -0.05) is 143 Å². The number of quaternary nitrogens is 1. The molecule has 0 radical (unpaired) electrons. The number of hydrogen-bond acceptors (Lipinski definition) is 9. The lowest BCUT2D eigenvalue weighted by Gasteiger charge is -2.28. The number of likely N-dealkylation sites (N-methyl/N-ethyl adjacent to an activating group) is 1. The van der Waals surface area contributed by atoms with Crippen molar-refractivity contribution in [3.8, 4) is 0 Å². The van der Waals surface area contributed by atoms with E-state index in [2.05, 4.69) is 86.8 Å². The Balaban J connectivity index is 4.52. The topological polar surface area (TPSA) is 131 Å². The minimum Gasteiger partial charge on any atom is -0.756 e. The Kier molecular flexibility index (Phi) is 37.0. The number of unbranched alkanes of at least 4 members (excludes halogenated alkanes) is 7. The molecule has 0 aromatic rings. The van der Waals surface area contributed by atoms with Crippen molar-refractivity contribution in [2.75, 3.05) is 47.5 Å². The maximum atomic E-state index is 12.7. The molecule has 0 aliphatic carbocycles. The molecule has 0 saturated heterocycles. The van der Waals surface area contributed by atoms with Gasteiger partial charge in [-0.05, 0) is 77.0 Å².